The molecule has 4 rings (SSSR count). The second-order valence-corrected chi connectivity index (χ2v) is 7.85. The molecule has 0 saturated heterocycles. The summed E-state index contributed by atoms with van der Waals surface area (Å²) in [6, 6.07) is 24.2. The fourth-order valence-electron chi connectivity index (χ4n) is 3.44. The number of nitrogens with zero attached hydrogens (tertiary/aromatic N) is 2. The first-order valence-corrected chi connectivity index (χ1v) is 10.4. The van der Waals surface area contributed by atoms with Crippen LogP contribution in [-0.2, 0) is 0 Å². The predicted molar refractivity (Wildman–Crippen MR) is 126 cm³/mol. The van der Waals surface area contributed by atoms with Gasteiger partial charge in [-0.3, -0.25) is 9.59 Å². The van der Waals surface area contributed by atoms with E-state index in [-0.39, 0.29) is 5.91 Å². The van der Waals surface area contributed by atoms with Crippen LogP contribution in [0.5, 0.6) is 0 Å². The van der Waals surface area contributed by atoms with Gasteiger partial charge < -0.3 is 11.1 Å². The normalized spacial score (nSPS) is 10.8. The monoisotopic (exact) mass is 424 g/mol. The molecular weight excluding hydrogens is 400 g/mol. The third-order valence-electron chi connectivity index (χ3n) is 5.24. The fraction of sp³-hybridized carbons (Fsp3) is 0.115. The number of anilines is 1. The number of carbonyl (C=O) groups is 2. The first-order chi connectivity index (χ1) is 15.4. The molecule has 0 aliphatic carbocycles. The maximum Gasteiger partial charge on any atom is 0.259 e. The first-order valence-electron chi connectivity index (χ1n) is 10.4. The Bertz CT molecular complexity index is 1260. The average molecular weight is 425 g/mol. The summed E-state index contributed by atoms with van der Waals surface area (Å²) in [5.74, 6) is -0.466. The number of carbonyl (C=O) groups excluding carboxylic acids is 2. The van der Waals surface area contributed by atoms with Gasteiger partial charge >= 0.3 is 0 Å². The smallest absolute Gasteiger partial charge is 0.259 e. The van der Waals surface area contributed by atoms with E-state index < -0.39 is 5.91 Å². The van der Waals surface area contributed by atoms with Crippen LogP contribution in [0.1, 0.15) is 46.0 Å². The molecule has 1 aromatic heterocycles. The number of benzene rings is 3. The summed E-state index contributed by atoms with van der Waals surface area (Å²) in [6.07, 6.45) is 1.72. The van der Waals surface area contributed by atoms with Gasteiger partial charge in [0.1, 0.15) is 5.69 Å². The lowest BCUT2D eigenvalue weighted by Crippen LogP contribution is -2.14. The molecule has 0 saturated carbocycles. The summed E-state index contributed by atoms with van der Waals surface area (Å²) in [7, 11) is 0. The lowest BCUT2D eigenvalue weighted by Gasteiger charge is -2.08. The second kappa shape index (κ2) is 8.89. The Morgan fingerprint density at radius 3 is 2.31 bits per heavy atom. The number of nitrogens with two attached hydrogens (primary N) is 1. The Hall–Kier alpha value is -4.19. The molecule has 0 fully saturated rings. The maximum atomic E-state index is 13.2. The number of aromatic nitrogens is 2. The summed E-state index contributed by atoms with van der Waals surface area (Å²) in [4.78, 5) is 24.7. The average Bonchev–Trinajstić information content (AvgIpc) is 3.25. The highest BCUT2D eigenvalue weighted by Gasteiger charge is 2.19. The Labute approximate surface area is 186 Å². The van der Waals surface area contributed by atoms with E-state index in [1.54, 1.807) is 35.1 Å². The van der Waals surface area contributed by atoms with E-state index in [4.69, 9.17) is 10.8 Å². The van der Waals surface area contributed by atoms with E-state index >= 15 is 0 Å². The molecule has 4 aromatic rings. The van der Waals surface area contributed by atoms with Crippen molar-refractivity contribution in [2.75, 3.05) is 5.32 Å². The molecule has 0 spiro atoms. The van der Waals surface area contributed by atoms with Crippen molar-refractivity contribution in [3.05, 3.63) is 102 Å². The van der Waals surface area contributed by atoms with Gasteiger partial charge in [-0.1, -0.05) is 62.4 Å². The molecule has 6 heteroatoms. The van der Waals surface area contributed by atoms with Gasteiger partial charge in [0.25, 0.3) is 5.91 Å². The molecule has 1 heterocycles. The van der Waals surface area contributed by atoms with Crippen molar-refractivity contribution in [1.82, 2.24) is 9.78 Å². The van der Waals surface area contributed by atoms with Crippen LogP contribution < -0.4 is 11.1 Å². The summed E-state index contributed by atoms with van der Waals surface area (Å²) < 4.78 is 1.69. The van der Waals surface area contributed by atoms with E-state index in [1.165, 1.54) is 5.56 Å². The molecule has 160 valence electrons. The Balaban J connectivity index is 1.74. The number of rotatable bonds is 6. The van der Waals surface area contributed by atoms with Gasteiger partial charge in [-0.05, 0) is 41.8 Å². The van der Waals surface area contributed by atoms with Gasteiger partial charge in [-0.2, -0.15) is 5.10 Å². The van der Waals surface area contributed by atoms with E-state index in [9.17, 15) is 9.59 Å². The number of nitrogens with one attached hydrogen (secondary N) is 1. The van der Waals surface area contributed by atoms with Crippen molar-refractivity contribution in [2.24, 2.45) is 5.73 Å². The standard InChI is InChI=1S/C26H24N4O2/c1-17(2)18-11-13-19(14-12-18)24-23(16-30(29-24)22-9-4-3-5-10-22)26(32)28-21-8-6-7-20(15-21)25(27)31/h3-17H,1-2H3,(H2,27,31)(H,28,32). The van der Waals surface area contributed by atoms with Gasteiger partial charge in [0.15, 0.2) is 0 Å². The second-order valence-electron chi connectivity index (χ2n) is 7.85. The molecule has 0 bridgehead atoms. The molecule has 3 N–H and O–H groups in total. The summed E-state index contributed by atoms with van der Waals surface area (Å²) in [6.45, 7) is 4.27. The largest absolute Gasteiger partial charge is 0.366 e. The molecule has 2 amide bonds. The van der Waals surface area contributed by atoms with Gasteiger partial charge in [0, 0.05) is 23.0 Å². The lowest BCUT2D eigenvalue weighted by molar-refractivity contribution is 0.0996. The van der Waals surface area contributed by atoms with E-state index in [1.807, 2.05) is 42.5 Å². The minimum absolute atomic E-state index is 0.322. The lowest BCUT2D eigenvalue weighted by atomic mass is 10.00. The van der Waals surface area contributed by atoms with E-state index in [0.29, 0.717) is 28.4 Å². The molecule has 0 aliphatic rings. The van der Waals surface area contributed by atoms with E-state index in [2.05, 4.69) is 31.3 Å². The molecule has 0 aliphatic heterocycles. The zero-order chi connectivity index (χ0) is 22.7. The quantitative estimate of drug-likeness (QED) is 0.456. The van der Waals surface area contributed by atoms with Crippen molar-refractivity contribution >= 4 is 17.5 Å². The van der Waals surface area contributed by atoms with Gasteiger partial charge in [0.2, 0.25) is 5.91 Å². The van der Waals surface area contributed by atoms with Crippen LogP contribution >= 0.6 is 0 Å². The zero-order valence-electron chi connectivity index (χ0n) is 17.9. The van der Waals surface area contributed by atoms with Crippen LogP contribution in [0.4, 0.5) is 5.69 Å². The Kier molecular flexibility index (Phi) is 5.85. The van der Waals surface area contributed by atoms with Crippen molar-refractivity contribution in [3.63, 3.8) is 0 Å². The molecule has 0 radical (unpaired) electrons. The predicted octanol–water partition coefficient (Wildman–Crippen LogP) is 5.01. The van der Waals surface area contributed by atoms with Crippen molar-refractivity contribution < 1.29 is 9.59 Å². The highest BCUT2D eigenvalue weighted by molar-refractivity contribution is 6.08. The van der Waals surface area contributed by atoms with Crippen LogP contribution in [0, 0.1) is 0 Å². The first kappa shape index (κ1) is 21.1. The summed E-state index contributed by atoms with van der Waals surface area (Å²) >= 11 is 0. The third kappa shape index (κ3) is 4.44. The Morgan fingerprint density at radius 2 is 1.66 bits per heavy atom. The SMILES string of the molecule is CC(C)c1ccc(-c2nn(-c3ccccc3)cc2C(=O)Nc2cccc(C(N)=O)c2)cc1. The van der Waals surface area contributed by atoms with Crippen LogP contribution in [0.25, 0.3) is 16.9 Å². The van der Waals surface area contributed by atoms with Crippen LogP contribution in [0.2, 0.25) is 0 Å². The van der Waals surface area contributed by atoms with Crippen molar-refractivity contribution in [3.8, 4) is 16.9 Å². The molecule has 0 atom stereocenters. The fourth-order valence-corrected chi connectivity index (χ4v) is 3.44. The highest BCUT2D eigenvalue weighted by atomic mass is 16.2. The van der Waals surface area contributed by atoms with Gasteiger partial charge in [-0.25, -0.2) is 4.68 Å². The van der Waals surface area contributed by atoms with E-state index in [0.717, 1.165) is 11.3 Å². The van der Waals surface area contributed by atoms with Crippen LogP contribution in [-0.4, -0.2) is 21.6 Å². The summed E-state index contributed by atoms with van der Waals surface area (Å²) in [5.41, 5.74) is 10.1. The number of hydrogen-bond donors (Lipinski definition) is 2. The zero-order valence-corrected chi connectivity index (χ0v) is 17.9. The highest BCUT2D eigenvalue weighted by Crippen LogP contribution is 2.27. The number of primary amides is 1. The molecular formula is C26H24N4O2. The van der Waals surface area contributed by atoms with Crippen molar-refractivity contribution in [1.29, 1.82) is 0 Å². The van der Waals surface area contributed by atoms with Crippen LogP contribution in [0.3, 0.4) is 0 Å². The van der Waals surface area contributed by atoms with Crippen molar-refractivity contribution in [2.45, 2.75) is 19.8 Å². The molecule has 6 nitrogen and oxygen atoms in total. The third-order valence-corrected chi connectivity index (χ3v) is 5.24. The maximum absolute atomic E-state index is 13.2. The number of hydrogen-bond acceptors (Lipinski definition) is 3. The number of amides is 2. The minimum atomic E-state index is -0.552. The molecule has 0 unspecified atom stereocenters. The van der Waals surface area contributed by atoms with Gasteiger partial charge in [0.05, 0.1) is 11.3 Å². The topological polar surface area (TPSA) is 90.0 Å². The number of para-hydroxylation sites is 1. The van der Waals surface area contributed by atoms with Gasteiger partial charge in [-0.15, -0.1) is 0 Å². The molecule has 32 heavy (non-hydrogen) atoms. The molecule has 3 aromatic carbocycles. The summed E-state index contributed by atoms with van der Waals surface area (Å²) in [5, 5.41) is 7.57. The minimum Gasteiger partial charge on any atom is -0.366 e. The Morgan fingerprint density at radius 1 is 0.938 bits per heavy atom. The van der Waals surface area contributed by atoms with Crippen LogP contribution in [0.15, 0.2) is 85.1 Å².